The minimum absolute atomic E-state index is 0.200. The van der Waals surface area contributed by atoms with Crippen LogP contribution in [0.3, 0.4) is 0 Å². The smallest absolute Gasteiger partial charge is 0.120 e. The van der Waals surface area contributed by atoms with Crippen molar-refractivity contribution in [3.05, 3.63) is 28.8 Å². The van der Waals surface area contributed by atoms with E-state index < -0.39 is 0 Å². The van der Waals surface area contributed by atoms with Crippen LogP contribution in [-0.4, -0.2) is 10.9 Å². The van der Waals surface area contributed by atoms with Crippen molar-refractivity contribution in [2.75, 3.05) is 0 Å². The summed E-state index contributed by atoms with van der Waals surface area (Å²) < 4.78 is 6.04. The van der Waals surface area contributed by atoms with Crippen molar-refractivity contribution in [1.29, 1.82) is 0 Å². The first kappa shape index (κ1) is 13.2. The van der Waals surface area contributed by atoms with Gasteiger partial charge >= 0.3 is 0 Å². The van der Waals surface area contributed by atoms with Crippen LogP contribution in [-0.2, 0) is 6.42 Å². The Bertz CT molecular complexity index is 417. The molecule has 1 nitrogen and oxygen atoms in total. The summed E-state index contributed by atoms with van der Waals surface area (Å²) in [6, 6.07) is 5.94. The molecule has 0 heterocycles. The summed E-state index contributed by atoms with van der Waals surface area (Å²) in [7, 11) is 0. The molecule has 1 aliphatic carbocycles. The number of halogens is 2. The third-order valence-corrected chi connectivity index (χ3v) is 5.66. The van der Waals surface area contributed by atoms with Crippen LogP contribution in [0, 0.1) is 5.41 Å². The Kier molecular flexibility index (Phi) is 3.74. The first-order valence-electron chi connectivity index (χ1n) is 6.04. The minimum atomic E-state index is 0.200. The third kappa shape index (κ3) is 2.48. The standard InChI is InChI=1S/C14H18BrClO/c1-4-9-7-10(5-6-11(9)16)17-13-8-12(15)14(13,2)3/h5-7,12-13H,4,8H2,1-3H3. The van der Waals surface area contributed by atoms with E-state index in [1.54, 1.807) is 0 Å². The molecule has 0 radical (unpaired) electrons. The molecule has 0 N–H and O–H groups in total. The van der Waals surface area contributed by atoms with Gasteiger partial charge in [0.2, 0.25) is 0 Å². The molecule has 1 saturated carbocycles. The van der Waals surface area contributed by atoms with E-state index in [0.29, 0.717) is 4.83 Å². The van der Waals surface area contributed by atoms with Gasteiger partial charge < -0.3 is 4.74 Å². The Morgan fingerprint density at radius 2 is 2.18 bits per heavy atom. The highest BCUT2D eigenvalue weighted by Gasteiger charge is 2.48. The maximum atomic E-state index is 6.10. The SMILES string of the molecule is CCc1cc(OC2CC(Br)C2(C)C)ccc1Cl. The summed E-state index contributed by atoms with van der Waals surface area (Å²) in [6.07, 6.45) is 2.29. The summed E-state index contributed by atoms with van der Waals surface area (Å²) in [5.41, 5.74) is 1.35. The van der Waals surface area contributed by atoms with Gasteiger partial charge in [-0.15, -0.1) is 0 Å². The molecule has 2 atom stereocenters. The molecule has 0 aromatic heterocycles. The largest absolute Gasteiger partial charge is 0.490 e. The molecule has 0 aliphatic heterocycles. The normalized spacial score (nSPS) is 26.4. The van der Waals surface area contributed by atoms with Gasteiger partial charge in [-0.3, -0.25) is 0 Å². The second kappa shape index (κ2) is 4.81. The van der Waals surface area contributed by atoms with Crippen LogP contribution in [0.25, 0.3) is 0 Å². The van der Waals surface area contributed by atoms with Crippen molar-refractivity contribution in [2.45, 2.75) is 44.5 Å². The van der Waals surface area contributed by atoms with Gasteiger partial charge in [0.05, 0.1) is 0 Å². The van der Waals surface area contributed by atoms with Gasteiger partial charge in [0.1, 0.15) is 11.9 Å². The Labute approximate surface area is 117 Å². The van der Waals surface area contributed by atoms with E-state index in [1.807, 2.05) is 12.1 Å². The molecule has 94 valence electrons. The maximum absolute atomic E-state index is 6.10. The second-order valence-electron chi connectivity index (χ2n) is 5.24. The van der Waals surface area contributed by atoms with Gasteiger partial charge in [-0.05, 0) is 36.6 Å². The second-order valence-corrected chi connectivity index (χ2v) is 6.75. The predicted octanol–water partition coefficient (Wildman–Crippen LogP) is 4.84. The van der Waals surface area contributed by atoms with Crippen LogP contribution in [0.4, 0.5) is 0 Å². The fraction of sp³-hybridized carbons (Fsp3) is 0.571. The lowest BCUT2D eigenvalue weighted by Gasteiger charge is -2.48. The van der Waals surface area contributed by atoms with E-state index in [4.69, 9.17) is 16.3 Å². The monoisotopic (exact) mass is 316 g/mol. The highest BCUT2D eigenvalue weighted by Crippen LogP contribution is 2.47. The van der Waals surface area contributed by atoms with Crippen LogP contribution in [0.2, 0.25) is 5.02 Å². The molecule has 1 aromatic rings. The van der Waals surface area contributed by atoms with Crippen LogP contribution in [0.15, 0.2) is 18.2 Å². The highest BCUT2D eigenvalue weighted by molar-refractivity contribution is 9.09. The predicted molar refractivity (Wildman–Crippen MR) is 76.4 cm³/mol. The van der Waals surface area contributed by atoms with Gasteiger partial charge in [-0.1, -0.05) is 48.3 Å². The van der Waals surface area contributed by atoms with Crippen molar-refractivity contribution < 1.29 is 4.74 Å². The van der Waals surface area contributed by atoms with Crippen LogP contribution in [0.1, 0.15) is 32.8 Å². The lowest BCUT2D eigenvalue weighted by atomic mass is 9.69. The lowest BCUT2D eigenvalue weighted by molar-refractivity contribution is -0.00783. The Balaban J connectivity index is 2.10. The highest BCUT2D eigenvalue weighted by atomic mass is 79.9. The Morgan fingerprint density at radius 3 is 2.71 bits per heavy atom. The zero-order chi connectivity index (χ0) is 12.6. The molecule has 0 amide bonds. The van der Waals surface area contributed by atoms with Crippen molar-refractivity contribution >= 4 is 27.5 Å². The fourth-order valence-electron chi connectivity index (χ4n) is 2.10. The Morgan fingerprint density at radius 1 is 1.47 bits per heavy atom. The number of aryl methyl sites for hydroxylation is 1. The van der Waals surface area contributed by atoms with Gasteiger partial charge in [0, 0.05) is 15.3 Å². The lowest BCUT2D eigenvalue weighted by Crippen LogP contribution is -2.53. The van der Waals surface area contributed by atoms with E-state index >= 15 is 0 Å². The molecule has 17 heavy (non-hydrogen) atoms. The maximum Gasteiger partial charge on any atom is 0.120 e. The van der Waals surface area contributed by atoms with E-state index in [0.717, 1.165) is 29.2 Å². The van der Waals surface area contributed by atoms with Gasteiger partial charge in [-0.25, -0.2) is 0 Å². The van der Waals surface area contributed by atoms with Crippen molar-refractivity contribution in [3.63, 3.8) is 0 Å². The molecule has 0 saturated heterocycles. The van der Waals surface area contributed by atoms with E-state index in [1.165, 1.54) is 0 Å². The number of benzene rings is 1. The summed E-state index contributed by atoms with van der Waals surface area (Å²) in [4.78, 5) is 0.554. The number of hydrogen-bond acceptors (Lipinski definition) is 1. The van der Waals surface area contributed by atoms with E-state index in [9.17, 15) is 0 Å². The van der Waals surface area contributed by atoms with Gasteiger partial charge in [0.25, 0.3) is 0 Å². The first-order chi connectivity index (χ1) is 7.95. The molecule has 3 heteroatoms. The molecular formula is C14H18BrClO. The number of alkyl halides is 1. The minimum Gasteiger partial charge on any atom is -0.490 e. The van der Waals surface area contributed by atoms with Crippen molar-refractivity contribution in [1.82, 2.24) is 0 Å². The molecular weight excluding hydrogens is 300 g/mol. The molecule has 1 aromatic carbocycles. The average Bonchev–Trinajstić information content (AvgIpc) is 2.31. The summed E-state index contributed by atoms with van der Waals surface area (Å²) >= 11 is 9.77. The van der Waals surface area contributed by atoms with Crippen LogP contribution in [0.5, 0.6) is 5.75 Å². The molecule has 2 rings (SSSR count). The number of hydrogen-bond donors (Lipinski definition) is 0. The van der Waals surface area contributed by atoms with Crippen LogP contribution < -0.4 is 4.74 Å². The van der Waals surface area contributed by atoms with Gasteiger partial charge in [0.15, 0.2) is 0 Å². The topological polar surface area (TPSA) is 9.23 Å². The average molecular weight is 318 g/mol. The summed E-state index contributed by atoms with van der Waals surface area (Å²) in [5.74, 6) is 0.934. The number of ether oxygens (including phenoxy) is 1. The van der Waals surface area contributed by atoms with E-state index in [-0.39, 0.29) is 11.5 Å². The molecule has 1 aliphatic rings. The van der Waals surface area contributed by atoms with Crippen molar-refractivity contribution in [2.24, 2.45) is 5.41 Å². The quantitative estimate of drug-likeness (QED) is 0.725. The van der Waals surface area contributed by atoms with Crippen LogP contribution >= 0.6 is 27.5 Å². The third-order valence-electron chi connectivity index (χ3n) is 3.73. The summed E-state index contributed by atoms with van der Waals surface area (Å²) in [5, 5.41) is 0.825. The Hall–Kier alpha value is -0.210. The van der Waals surface area contributed by atoms with Gasteiger partial charge in [-0.2, -0.15) is 0 Å². The summed E-state index contributed by atoms with van der Waals surface area (Å²) in [6.45, 7) is 6.57. The number of rotatable bonds is 3. The molecule has 2 unspecified atom stereocenters. The van der Waals surface area contributed by atoms with Crippen molar-refractivity contribution in [3.8, 4) is 5.75 Å². The fourth-order valence-corrected chi connectivity index (χ4v) is 2.98. The zero-order valence-corrected chi connectivity index (χ0v) is 12.8. The molecule has 1 fully saturated rings. The molecule has 0 bridgehead atoms. The van der Waals surface area contributed by atoms with E-state index in [2.05, 4.69) is 42.8 Å². The molecule has 0 spiro atoms. The first-order valence-corrected chi connectivity index (χ1v) is 7.33. The zero-order valence-electron chi connectivity index (χ0n) is 10.5.